The molecule has 8 heteroatoms. The summed E-state index contributed by atoms with van der Waals surface area (Å²) in [4.78, 5) is 4.57. The quantitative estimate of drug-likeness (QED) is 0.758. The lowest BCUT2D eigenvalue weighted by atomic mass is 9.82. The predicted molar refractivity (Wildman–Crippen MR) is 113 cm³/mol. The Balaban J connectivity index is 1.82. The van der Waals surface area contributed by atoms with Gasteiger partial charge in [0.15, 0.2) is 0 Å². The highest BCUT2D eigenvalue weighted by molar-refractivity contribution is 8.14. The first-order valence-corrected chi connectivity index (χ1v) is 10.6. The Morgan fingerprint density at radius 1 is 1.45 bits per heavy atom. The Labute approximate surface area is 174 Å². The van der Waals surface area contributed by atoms with Crippen molar-refractivity contribution < 1.29 is 9.47 Å². The van der Waals surface area contributed by atoms with Gasteiger partial charge in [-0.1, -0.05) is 25.5 Å². The second kappa shape index (κ2) is 8.21. The Hall–Kier alpha value is -2.92. The number of benzene rings is 1. The fraction of sp³-hybridized carbons (Fsp3) is 0.381. The minimum absolute atomic E-state index is 0.104. The number of nitrogens with two attached hydrogens (primary N) is 1. The third-order valence-electron chi connectivity index (χ3n) is 5.15. The molecular weight excluding hydrogens is 386 g/mol. The van der Waals surface area contributed by atoms with E-state index < -0.39 is 0 Å². The maximum atomic E-state index is 9.83. The number of fused-ring (bicyclic) bond motifs is 1. The van der Waals surface area contributed by atoms with E-state index in [1.165, 1.54) is 0 Å². The second-order valence-electron chi connectivity index (χ2n) is 6.97. The van der Waals surface area contributed by atoms with Gasteiger partial charge in [-0.2, -0.15) is 5.26 Å². The lowest BCUT2D eigenvalue weighted by molar-refractivity contribution is 0.378. The molecule has 3 N–H and O–H groups in total. The third-order valence-corrected chi connectivity index (χ3v) is 6.14. The number of rotatable bonds is 6. The zero-order chi connectivity index (χ0) is 20.4. The number of nitrogens with one attached hydrogen (secondary N) is 1. The maximum Gasteiger partial charge on any atom is 0.244 e. The van der Waals surface area contributed by atoms with Crippen LogP contribution < -0.4 is 15.2 Å². The average Bonchev–Trinajstić information content (AvgIpc) is 3.37. The molecule has 0 saturated carbocycles. The van der Waals surface area contributed by atoms with E-state index in [9.17, 15) is 5.26 Å². The molecule has 0 aliphatic carbocycles. The number of aromatic nitrogens is 2. The minimum Gasteiger partial charge on any atom is -0.496 e. The topological polar surface area (TPSA) is 109 Å². The van der Waals surface area contributed by atoms with Crippen LogP contribution >= 0.6 is 11.8 Å². The van der Waals surface area contributed by atoms with E-state index in [-0.39, 0.29) is 11.8 Å². The van der Waals surface area contributed by atoms with Gasteiger partial charge in [-0.25, -0.2) is 0 Å². The Kier molecular flexibility index (Phi) is 5.49. The smallest absolute Gasteiger partial charge is 0.244 e. The molecule has 1 aromatic heterocycles. The van der Waals surface area contributed by atoms with Gasteiger partial charge in [-0.15, -0.1) is 16.9 Å². The number of nitrogens with zero attached hydrogens (tertiary/aromatic N) is 3. The standard InChI is InChI=1S/C21H23N5O2S/c1-3-4-15-19-18(14(11-22)20(23)28-21(19)26-25-15)12-5-6-16(27-2)13(9-12)10-17-24-7-8-29-17/h5-6,9,18H,3-4,7-8,10,23H2,1-2H3,(H,25,26). The summed E-state index contributed by atoms with van der Waals surface area (Å²) in [6.07, 6.45) is 2.48. The van der Waals surface area contributed by atoms with Crippen LogP contribution in [-0.4, -0.2) is 34.6 Å². The van der Waals surface area contributed by atoms with Crippen molar-refractivity contribution in [3.05, 3.63) is 52.0 Å². The van der Waals surface area contributed by atoms with Gasteiger partial charge in [0.05, 0.1) is 18.1 Å². The average molecular weight is 410 g/mol. The van der Waals surface area contributed by atoms with Gasteiger partial charge in [0.1, 0.15) is 17.4 Å². The van der Waals surface area contributed by atoms with Crippen LogP contribution in [0.4, 0.5) is 0 Å². The molecule has 7 nitrogen and oxygen atoms in total. The molecule has 0 saturated heterocycles. The summed E-state index contributed by atoms with van der Waals surface area (Å²) in [6.45, 7) is 2.96. The van der Waals surface area contributed by atoms with Crippen LogP contribution in [0.5, 0.6) is 11.6 Å². The monoisotopic (exact) mass is 409 g/mol. The highest BCUT2D eigenvalue weighted by Crippen LogP contribution is 2.44. The zero-order valence-corrected chi connectivity index (χ0v) is 17.3. The van der Waals surface area contributed by atoms with Gasteiger partial charge in [0.2, 0.25) is 11.8 Å². The molecule has 1 atom stereocenters. The Morgan fingerprint density at radius 2 is 2.31 bits per heavy atom. The number of hydrogen-bond donors (Lipinski definition) is 2. The summed E-state index contributed by atoms with van der Waals surface area (Å²) in [7, 11) is 1.67. The van der Waals surface area contributed by atoms with Crippen LogP contribution in [-0.2, 0) is 12.8 Å². The lowest BCUT2D eigenvalue weighted by Gasteiger charge is -2.25. The van der Waals surface area contributed by atoms with Gasteiger partial charge < -0.3 is 15.2 Å². The number of aliphatic imine (C=N–C) groups is 1. The van der Waals surface area contributed by atoms with E-state index in [1.807, 2.05) is 12.1 Å². The van der Waals surface area contributed by atoms with E-state index in [1.54, 1.807) is 18.9 Å². The number of aromatic amines is 1. The van der Waals surface area contributed by atoms with Crippen molar-refractivity contribution in [2.24, 2.45) is 10.7 Å². The first-order valence-electron chi connectivity index (χ1n) is 9.63. The molecule has 1 aromatic carbocycles. The molecule has 2 aliphatic rings. The normalized spacial score (nSPS) is 18.1. The van der Waals surface area contributed by atoms with Crippen LogP contribution in [0.25, 0.3) is 0 Å². The van der Waals surface area contributed by atoms with Crippen LogP contribution in [0, 0.1) is 11.3 Å². The summed E-state index contributed by atoms with van der Waals surface area (Å²) in [6, 6.07) is 8.28. The van der Waals surface area contributed by atoms with Crippen molar-refractivity contribution in [3.63, 3.8) is 0 Å². The molecule has 2 aliphatic heterocycles. The summed E-state index contributed by atoms with van der Waals surface area (Å²) >= 11 is 1.78. The predicted octanol–water partition coefficient (Wildman–Crippen LogP) is 3.28. The van der Waals surface area contributed by atoms with Gasteiger partial charge in [0.25, 0.3) is 0 Å². The molecule has 3 heterocycles. The van der Waals surface area contributed by atoms with E-state index in [2.05, 4.69) is 34.2 Å². The van der Waals surface area contributed by atoms with E-state index in [4.69, 9.17) is 15.2 Å². The fourth-order valence-electron chi connectivity index (χ4n) is 3.85. The minimum atomic E-state index is -0.327. The van der Waals surface area contributed by atoms with E-state index >= 15 is 0 Å². The van der Waals surface area contributed by atoms with Crippen LogP contribution in [0.15, 0.2) is 34.6 Å². The summed E-state index contributed by atoms with van der Waals surface area (Å²) < 4.78 is 11.2. The number of aryl methyl sites for hydroxylation is 1. The number of thioether (sulfide) groups is 1. The van der Waals surface area contributed by atoms with Crippen molar-refractivity contribution in [3.8, 4) is 17.7 Å². The van der Waals surface area contributed by atoms with Crippen molar-refractivity contribution in [1.82, 2.24) is 10.2 Å². The number of ether oxygens (including phenoxy) is 2. The molecule has 4 rings (SSSR count). The molecule has 29 heavy (non-hydrogen) atoms. The molecule has 2 aromatic rings. The van der Waals surface area contributed by atoms with Crippen LogP contribution in [0.3, 0.4) is 0 Å². The number of methoxy groups -OCH3 is 1. The van der Waals surface area contributed by atoms with E-state index in [0.29, 0.717) is 17.9 Å². The van der Waals surface area contributed by atoms with Gasteiger partial charge in [0, 0.05) is 35.5 Å². The lowest BCUT2D eigenvalue weighted by Crippen LogP contribution is -2.21. The maximum absolute atomic E-state index is 9.83. The molecule has 0 amide bonds. The fourth-order valence-corrected chi connectivity index (χ4v) is 4.71. The van der Waals surface area contributed by atoms with Crippen molar-refractivity contribution in [2.45, 2.75) is 32.1 Å². The summed E-state index contributed by atoms with van der Waals surface area (Å²) in [5.41, 5.74) is 10.4. The first kappa shape index (κ1) is 19.4. The van der Waals surface area contributed by atoms with Crippen molar-refractivity contribution in [1.29, 1.82) is 5.26 Å². The molecule has 0 bridgehead atoms. The molecule has 0 spiro atoms. The van der Waals surface area contributed by atoms with E-state index in [0.717, 1.165) is 58.3 Å². The second-order valence-corrected chi connectivity index (χ2v) is 8.14. The third kappa shape index (κ3) is 3.58. The molecule has 0 radical (unpaired) electrons. The highest BCUT2D eigenvalue weighted by Gasteiger charge is 2.35. The van der Waals surface area contributed by atoms with Crippen LogP contribution in [0.1, 0.15) is 41.6 Å². The zero-order valence-electron chi connectivity index (χ0n) is 16.5. The molecule has 0 fully saturated rings. The first-order chi connectivity index (χ1) is 14.2. The number of hydrogen-bond acceptors (Lipinski definition) is 7. The summed E-state index contributed by atoms with van der Waals surface area (Å²) in [5, 5.41) is 18.3. The van der Waals surface area contributed by atoms with Crippen LogP contribution in [0.2, 0.25) is 0 Å². The van der Waals surface area contributed by atoms with Crippen molar-refractivity contribution >= 4 is 16.8 Å². The number of allylic oxidation sites excluding steroid dienone is 1. The van der Waals surface area contributed by atoms with Gasteiger partial charge in [-0.3, -0.25) is 10.1 Å². The highest BCUT2D eigenvalue weighted by atomic mass is 32.2. The summed E-state index contributed by atoms with van der Waals surface area (Å²) in [5.74, 6) is 2.06. The Morgan fingerprint density at radius 3 is 3.00 bits per heavy atom. The SMILES string of the molecule is CCCc1[nH]nc2c1C(c1ccc(OC)c(CC3=NCCS3)c1)C(C#N)=C(N)O2. The molecular formula is C21H23N5O2S. The van der Waals surface area contributed by atoms with Gasteiger partial charge in [-0.05, 0) is 18.1 Å². The number of H-pyrrole nitrogens is 1. The molecule has 1 unspecified atom stereocenters. The Bertz CT molecular complexity index is 1030. The number of nitriles is 1. The largest absolute Gasteiger partial charge is 0.496 e. The van der Waals surface area contributed by atoms with Gasteiger partial charge >= 0.3 is 0 Å². The molecule has 150 valence electrons. The van der Waals surface area contributed by atoms with Crippen molar-refractivity contribution in [2.75, 3.05) is 19.4 Å².